The van der Waals surface area contributed by atoms with E-state index < -0.39 is 0 Å². The lowest BCUT2D eigenvalue weighted by Gasteiger charge is -2.02. The molecule has 2 nitrogen and oxygen atoms in total. The van der Waals surface area contributed by atoms with Gasteiger partial charge in [-0.25, -0.2) is 0 Å². The quantitative estimate of drug-likeness (QED) is 0.810. The van der Waals surface area contributed by atoms with Crippen molar-refractivity contribution in [2.45, 2.75) is 6.92 Å². The van der Waals surface area contributed by atoms with E-state index in [1.807, 2.05) is 18.5 Å². The van der Waals surface area contributed by atoms with Crippen LogP contribution in [0.5, 0.6) is 0 Å². The SMILES string of the molecule is Cc1cc(Br)ccc1-c1cn[nH]c1. The number of hydrogen-bond acceptors (Lipinski definition) is 1. The smallest absolute Gasteiger partial charge is 0.0565 e. The van der Waals surface area contributed by atoms with Gasteiger partial charge in [0.05, 0.1) is 6.20 Å². The summed E-state index contributed by atoms with van der Waals surface area (Å²) < 4.78 is 1.11. The van der Waals surface area contributed by atoms with Gasteiger partial charge in [-0.1, -0.05) is 22.0 Å². The zero-order valence-electron chi connectivity index (χ0n) is 7.21. The van der Waals surface area contributed by atoms with Crippen LogP contribution in [0, 0.1) is 6.92 Å². The average molecular weight is 237 g/mol. The van der Waals surface area contributed by atoms with Crippen LogP contribution in [-0.2, 0) is 0 Å². The van der Waals surface area contributed by atoms with E-state index in [0.29, 0.717) is 0 Å². The number of hydrogen-bond donors (Lipinski definition) is 1. The van der Waals surface area contributed by atoms with Crippen molar-refractivity contribution in [2.75, 3.05) is 0 Å². The molecule has 2 aromatic rings. The van der Waals surface area contributed by atoms with Crippen LogP contribution in [-0.4, -0.2) is 10.2 Å². The largest absolute Gasteiger partial charge is 0.285 e. The Balaban J connectivity index is 2.53. The molecule has 0 atom stereocenters. The van der Waals surface area contributed by atoms with Crippen molar-refractivity contribution >= 4 is 15.9 Å². The molecule has 0 aliphatic carbocycles. The van der Waals surface area contributed by atoms with Gasteiger partial charge in [-0.2, -0.15) is 5.10 Å². The number of benzene rings is 1. The molecule has 0 amide bonds. The van der Waals surface area contributed by atoms with Gasteiger partial charge < -0.3 is 0 Å². The predicted octanol–water partition coefficient (Wildman–Crippen LogP) is 3.15. The summed E-state index contributed by atoms with van der Waals surface area (Å²) in [4.78, 5) is 0. The maximum absolute atomic E-state index is 3.93. The third-order valence-corrected chi connectivity index (χ3v) is 2.49. The van der Waals surface area contributed by atoms with Gasteiger partial charge in [-0.3, -0.25) is 5.10 Å². The molecule has 3 heteroatoms. The van der Waals surface area contributed by atoms with Crippen LogP contribution in [0.3, 0.4) is 0 Å². The van der Waals surface area contributed by atoms with Crippen molar-refractivity contribution in [3.05, 3.63) is 40.6 Å². The zero-order chi connectivity index (χ0) is 9.26. The Morgan fingerprint density at radius 3 is 2.85 bits per heavy atom. The lowest BCUT2D eigenvalue weighted by molar-refractivity contribution is 1.09. The number of H-pyrrole nitrogens is 1. The van der Waals surface area contributed by atoms with E-state index in [1.54, 1.807) is 0 Å². The van der Waals surface area contributed by atoms with E-state index >= 15 is 0 Å². The van der Waals surface area contributed by atoms with Crippen LogP contribution >= 0.6 is 15.9 Å². The molecule has 1 heterocycles. The van der Waals surface area contributed by atoms with Crippen molar-refractivity contribution in [1.29, 1.82) is 0 Å². The van der Waals surface area contributed by atoms with Gasteiger partial charge in [0.1, 0.15) is 0 Å². The average Bonchev–Trinajstić information content (AvgIpc) is 2.56. The van der Waals surface area contributed by atoms with Crippen molar-refractivity contribution in [2.24, 2.45) is 0 Å². The topological polar surface area (TPSA) is 28.7 Å². The Hall–Kier alpha value is -1.09. The first-order chi connectivity index (χ1) is 6.27. The number of halogens is 1. The van der Waals surface area contributed by atoms with E-state index in [0.717, 1.165) is 10.0 Å². The van der Waals surface area contributed by atoms with Gasteiger partial charge in [-0.05, 0) is 30.2 Å². The first-order valence-electron chi connectivity index (χ1n) is 4.02. The molecule has 0 saturated carbocycles. The van der Waals surface area contributed by atoms with E-state index in [9.17, 15) is 0 Å². The van der Waals surface area contributed by atoms with Gasteiger partial charge in [0.2, 0.25) is 0 Å². The fourth-order valence-electron chi connectivity index (χ4n) is 1.35. The summed E-state index contributed by atoms with van der Waals surface area (Å²) >= 11 is 3.44. The fraction of sp³-hybridized carbons (Fsp3) is 0.100. The van der Waals surface area contributed by atoms with Crippen LogP contribution in [0.4, 0.5) is 0 Å². The number of nitrogens with one attached hydrogen (secondary N) is 1. The van der Waals surface area contributed by atoms with Gasteiger partial charge in [0.25, 0.3) is 0 Å². The Kier molecular flexibility index (Phi) is 2.19. The van der Waals surface area contributed by atoms with E-state index in [1.165, 1.54) is 11.1 Å². The van der Waals surface area contributed by atoms with E-state index in [-0.39, 0.29) is 0 Å². The molecular formula is C10H9BrN2. The molecule has 0 aliphatic rings. The molecule has 0 bridgehead atoms. The molecule has 0 radical (unpaired) electrons. The second-order valence-corrected chi connectivity index (χ2v) is 3.86. The highest BCUT2D eigenvalue weighted by Crippen LogP contribution is 2.24. The molecule has 0 fully saturated rings. The molecule has 1 aromatic carbocycles. The van der Waals surface area contributed by atoms with Crippen molar-refractivity contribution in [3.63, 3.8) is 0 Å². The zero-order valence-corrected chi connectivity index (χ0v) is 8.80. The van der Waals surface area contributed by atoms with Crippen molar-refractivity contribution in [3.8, 4) is 11.1 Å². The summed E-state index contributed by atoms with van der Waals surface area (Å²) in [5.41, 5.74) is 3.60. The molecule has 1 N–H and O–H groups in total. The van der Waals surface area contributed by atoms with Crippen LogP contribution in [0.2, 0.25) is 0 Å². The first-order valence-corrected chi connectivity index (χ1v) is 4.82. The molecule has 1 aromatic heterocycles. The second-order valence-electron chi connectivity index (χ2n) is 2.95. The third kappa shape index (κ3) is 1.65. The molecule has 2 rings (SSSR count). The summed E-state index contributed by atoms with van der Waals surface area (Å²) in [6.07, 6.45) is 3.73. The van der Waals surface area contributed by atoms with E-state index in [2.05, 4.69) is 45.2 Å². The maximum atomic E-state index is 3.93. The number of aryl methyl sites for hydroxylation is 1. The summed E-state index contributed by atoms with van der Waals surface area (Å²) in [6, 6.07) is 6.22. The Bertz CT molecular complexity index is 407. The van der Waals surface area contributed by atoms with Gasteiger partial charge >= 0.3 is 0 Å². The third-order valence-electron chi connectivity index (χ3n) is 2.00. The Morgan fingerprint density at radius 2 is 2.23 bits per heavy atom. The minimum Gasteiger partial charge on any atom is -0.285 e. The molecule has 66 valence electrons. The molecule has 13 heavy (non-hydrogen) atoms. The maximum Gasteiger partial charge on any atom is 0.0565 e. The van der Waals surface area contributed by atoms with Gasteiger partial charge in [0.15, 0.2) is 0 Å². The summed E-state index contributed by atoms with van der Waals surface area (Å²) in [6.45, 7) is 2.09. The predicted molar refractivity (Wildman–Crippen MR) is 56.5 cm³/mol. The van der Waals surface area contributed by atoms with Gasteiger partial charge in [-0.15, -0.1) is 0 Å². The highest BCUT2D eigenvalue weighted by atomic mass is 79.9. The van der Waals surface area contributed by atoms with Crippen LogP contribution in [0.1, 0.15) is 5.56 Å². The molecular weight excluding hydrogens is 228 g/mol. The van der Waals surface area contributed by atoms with E-state index in [4.69, 9.17) is 0 Å². The summed E-state index contributed by atoms with van der Waals surface area (Å²) in [5, 5.41) is 6.73. The summed E-state index contributed by atoms with van der Waals surface area (Å²) in [7, 11) is 0. The molecule has 0 spiro atoms. The fourth-order valence-corrected chi connectivity index (χ4v) is 1.82. The highest BCUT2D eigenvalue weighted by Gasteiger charge is 2.02. The monoisotopic (exact) mass is 236 g/mol. The second kappa shape index (κ2) is 3.34. The lowest BCUT2D eigenvalue weighted by atomic mass is 10.0. The Labute approximate surface area is 85.1 Å². The number of aromatic amines is 1. The lowest BCUT2D eigenvalue weighted by Crippen LogP contribution is -1.80. The first kappa shape index (κ1) is 8.51. The van der Waals surface area contributed by atoms with Crippen LogP contribution < -0.4 is 0 Å². The molecule has 0 unspecified atom stereocenters. The number of rotatable bonds is 1. The normalized spacial score (nSPS) is 10.3. The number of nitrogens with zero attached hydrogens (tertiary/aromatic N) is 1. The number of aromatic nitrogens is 2. The molecule has 0 saturated heterocycles. The summed E-state index contributed by atoms with van der Waals surface area (Å²) in [5.74, 6) is 0. The highest BCUT2D eigenvalue weighted by molar-refractivity contribution is 9.10. The Morgan fingerprint density at radius 1 is 1.38 bits per heavy atom. The minimum atomic E-state index is 1.11. The standard InChI is InChI=1S/C10H9BrN2/c1-7-4-9(11)2-3-10(7)8-5-12-13-6-8/h2-6H,1H3,(H,12,13). The van der Waals surface area contributed by atoms with Crippen molar-refractivity contribution < 1.29 is 0 Å². The molecule has 0 aliphatic heterocycles. The van der Waals surface area contributed by atoms with Crippen LogP contribution in [0.25, 0.3) is 11.1 Å². The van der Waals surface area contributed by atoms with Crippen LogP contribution in [0.15, 0.2) is 35.1 Å². The minimum absolute atomic E-state index is 1.11. The van der Waals surface area contributed by atoms with Gasteiger partial charge in [0, 0.05) is 16.2 Å². The van der Waals surface area contributed by atoms with Crippen molar-refractivity contribution in [1.82, 2.24) is 10.2 Å².